The number of hydroxylamine groups is 1. The molecule has 0 saturated carbocycles. The smallest absolute Gasteiger partial charge is 0.411 e. The topological polar surface area (TPSA) is 120 Å². The Morgan fingerprint density at radius 2 is 1.74 bits per heavy atom. The minimum atomic E-state index is -0.696. The third kappa shape index (κ3) is 7.59. The number of ether oxygens (including phenoxy) is 1. The Bertz CT molecular complexity index is 836. The summed E-state index contributed by atoms with van der Waals surface area (Å²) in [5, 5.41) is 13.0. The number of β-amino-alcohol motifs (C(OH)–C–C–N with tert-alkyl or cyclic N) is 1. The molecule has 2 heterocycles. The van der Waals surface area contributed by atoms with Gasteiger partial charge >= 0.3 is 12.1 Å². The zero-order valence-corrected chi connectivity index (χ0v) is 20.2. The number of nitrogens with zero attached hydrogens (tertiary/aromatic N) is 2. The van der Waals surface area contributed by atoms with Gasteiger partial charge in [0.1, 0.15) is 11.6 Å². The first kappa shape index (κ1) is 25.8. The maximum Gasteiger partial charge on any atom is 0.411 e. The van der Waals surface area contributed by atoms with Crippen LogP contribution in [-0.2, 0) is 21.0 Å². The molecule has 2 aliphatic heterocycles. The zero-order valence-electron chi connectivity index (χ0n) is 20.2. The van der Waals surface area contributed by atoms with Gasteiger partial charge in [0.25, 0.3) is 0 Å². The van der Waals surface area contributed by atoms with Crippen molar-refractivity contribution in [2.45, 2.75) is 76.9 Å². The van der Waals surface area contributed by atoms with E-state index in [2.05, 4.69) is 10.8 Å². The van der Waals surface area contributed by atoms with Gasteiger partial charge in [0, 0.05) is 19.1 Å². The molecule has 2 atom stereocenters. The number of hydrogen-bond donors (Lipinski definition) is 3. The van der Waals surface area contributed by atoms with Crippen LogP contribution in [0.3, 0.4) is 0 Å². The number of benzene rings is 1. The highest BCUT2D eigenvalue weighted by atomic mass is 16.7. The van der Waals surface area contributed by atoms with Gasteiger partial charge in [0.2, 0.25) is 5.91 Å². The molecule has 2 saturated heterocycles. The average Bonchev–Trinajstić information content (AvgIpc) is 2.79. The Kier molecular flexibility index (Phi) is 8.73. The number of carbonyl (C=O) groups excluding carboxylic acids is 3. The van der Waals surface area contributed by atoms with E-state index < -0.39 is 23.8 Å². The summed E-state index contributed by atoms with van der Waals surface area (Å²) in [5.41, 5.74) is 2.73. The molecule has 1 aromatic rings. The third-order valence-corrected chi connectivity index (χ3v) is 5.86. The Balaban J connectivity index is 1.44. The summed E-state index contributed by atoms with van der Waals surface area (Å²) < 4.78 is 5.43. The van der Waals surface area contributed by atoms with Crippen LogP contribution in [0.4, 0.5) is 9.59 Å². The second-order valence-corrected chi connectivity index (χ2v) is 9.83. The molecule has 4 amide bonds. The van der Waals surface area contributed by atoms with Crippen LogP contribution in [-0.4, -0.2) is 76.4 Å². The first-order valence-electron chi connectivity index (χ1n) is 11.8. The molecule has 0 radical (unpaired) electrons. The van der Waals surface area contributed by atoms with Crippen LogP contribution in [0.15, 0.2) is 30.3 Å². The highest BCUT2D eigenvalue weighted by molar-refractivity contribution is 5.86. The first-order valence-corrected chi connectivity index (χ1v) is 11.8. The van der Waals surface area contributed by atoms with E-state index >= 15 is 0 Å². The second-order valence-electron chi connectivity index (χ2n) is 9.83. The van der Waals surface area contributed by atoms with Crippen molar-refractivity contribution in [3.63, 3.8) is 0 Å². The molecular formula is C24H36N4O6. The number of aliphatic hydroxyl groups is 1. The first-order chi connectivity index (χ1) is 16.1. The lowest BCUT2D eigenvalue weighted by Crippen LogP contribution is -2.58. The third-order valence-electron chi connectivity index (χ3n) is 5.86. The second kappa shape index (κ2) is 11.5. The maximum atomic E-state index is 13.0. The molecule has 0 aromatic heterocycles. The molecule has 3 N–H and O–H groups in total. The summed E-state index contributed by atoms with van der Waals surface area (Å²) in [5.74, 6) is -0.258. The number of piperidine rings is 2. The molecule has 34 heavy (non-hydrogen) atoms. The highest BCUT2D eigenvalue weighted by Gasteiger charge is 2.38. The predicted octanol–water partition coefficient (Wildman–Crippen LogP) is 2.17. The number of carbonyl (C=O) groups is 3. The predicted molar refractivity (Wildman–Crippen MR) is 124 cm³/mol. The van der Waals surface area contributed by atoms with Crippen LogP contribution in [0.2, 0.25) is 0 Å². The quantitative estimate of drug-likeness (QED) is 0.560. The monoisotopic (exact) mass is 476 g/mol. The van der Waals surface area contributed by atoms with Crippen LogP contribution in [0.1, 0.15) is 52.0 Å². The Morgan fingerprint density at radius 1 is 1.06 bits per heavy atom. The summed E-state index contributed by atoms with van der Waals surface area (Å²) >= 11 is 0. The van der Waals surface area contributed by atoms with Crippen LogP contribution in [0.5, 0.6) is 0 Å². The number of likely N-dealkylation sites (tertiary alicyclic amines) is 2. The fraction of sp³-hybridized carbons (Fsp3) is 0.625. The van der Waals surface area contributed by atoms with Crippen LogP contribution < -0.4 is 10.8 Å². The van der Waals surface area contributed by atoms with Crippen molar-refractivity contribution in [2.75, 3.05) is 19.6 Å². The zero-order chi connectivity index (χ0) is 24.7. The van der Waals surface area contributed by atoms with Crippen molar-refractivity contribution in [3.05, 3.63) is 35.9 Å². The number of urea groups is 1. The van der Waals surface area contributed by atoms with E-state index in [-0.39, 0.29) is 31.1 Å². The lowest BCUT2D eigenvalue weighted by atomic mass is 9.98. The van der Waals surface area contributed by atoms with Crippen molar-refractivity contribution in [2.24, 2.45) is 0 Å². The fourth-order valence-electron chi connectivity index (χ4n) is 4.09. The van der Waals surface area contributed by atoms with E-state index in [1.54, 1.807) is 25.7 Å². The molecule has 0 spiro atoms. The molecule has 10 nitrogen and oxygen atoms in total. The van der Waals surface area contributed by atoms with Gasteiger partial charge in [-0.05, 0) is 52.0 Å². The van der Waals surface area contributed by atoms with Gasteiger partial charge in [-0.25, -0.2) is 15.1 Å². The molecule has 188 valence electrons. The lowest BCUT2D eigenvalue weighted by molar-refractivity contribution is -0.130. The number of rotatable bonds is 5. The molecular weight excluding hydrogens is 440 g/mol. The van der Waals surface area contributed by atoms with Gasteiger partial charge in [0.05, 0.1) is 19.3 Å². The molecule has 1 aromatic carbocycles. The SMILES string of the molecule is CC(C)(C)OC(=O)N1CC(O)CCC1C(=O)NC1CCN(C(=O)NOCc2ccccc2)CC1. The summed E-state index contributed by atoms with van der Waals surface area (Å²) in [6.45, 7) is 6.58. The Morgan fingerprint density at radius 3 is 2.38 bits per heavy atom. The van der Waals surface area contributed by atoms with Crippen molar-refractivity contribution in [1.29, 1.82) is 0 Å². The van der Waals surface area contributed by atoms with Gasteiger partial charge < -0.3 is 20.1 Å². The molecule has 10 heteroatoms. The van der Waals surface area contributed by atoms with Crippen LogP contribution in [0, 0.1) is 0 Å². The molecule has 2 aliphatic rings. The van der Waals surface area contributed by atoms with Crippen LogP contribution in [0.25, 0.3) is 0 Å². The van der Waals surface area contributed by atoms with Gasteiger partial charge in [-0.3, -0.25) is 14.5 Å². The number of nitrogens with one attached hydrogen (secondary N) is 2. The molecule has 0 aliphatic carbocycles. The average molecular weight is 477 g/mol. The fourth-order valence-corrected chi connectivity index (χ4v) is 4.09. The summed E-state index contributed by atoms with van der Waals surface area (Å²) in [6, 6.07) is 8.45. The lowest BCUT2D eigenvalue weighted by Gasteiger charge is -2.39. The van der Waals surface area contributed by atoms with Crippen LogP contribution >= 0.6 is 0 Å². The number of amides is 4. The van der Waals surface area contributed by atoms with E-state index in [1.165, 1.54) is 4.90 Å². The van der Waals surface area contributed by atoms with E-state index in [4.69, 9.17) is 9.57 Å². The van der Waals surface area contributed by atoms with Crippen molar-refractivity contribution < 1.29 is 29.1 Å². The normalized spacial score (nSPS) is 21.6. The number of aliphatic hydroxyl groups excluding tert-OH is 1. The van der Waals surface area contributed by atoms with E-state index in [0.717, 1.165) is 5.56 Å². The molecule has 2 unspecified atom stereocenters. The standard InChI is InChI=1S/C24H36N4O6/c1-24(2,3)34-23(32)28-15-19(29)9-10-20(28)21(30)25-18-11-13-27(14-12-18)22(31)26-33-16-17-7-5-4-6-8-17/h4-8,18-20,29H,9-16H2,1-3H3,(H,25,30)(H,26,31). The van der Waals surface area contributed by atoms with Gasteiger partial charge in [-0.15, -0.1) is 0 Å². The summed E-state index contributed by atoms with van der Waals surface area (Å²) in [7, 11) is 0. The van der Waals surface area contributed by atoms with Gasteiger partial charge in [-0.2, -0.15) is 0 Å². The van der Waals surface area contributed by atoms with Gasteiger partial charge in [0.15, 0.2) is 0 Å². The van der Waals surface area contributed by atoms with Crippen molar-refractivity contribution in [1.82, 2.24) is 20.6 Å². The molecule has 3 rings (SSSR count). The van der Waals surface area contributed by atoms with E-state index in [1.807, 2.05) is 30.3 Å². The maximum absolute atomic E-state index is 13.0. The summed E-state index contributed by atoms with van der Waals surface area (Å²) in [6.07, 6.45) is 0.723. The molecule has 0 bridgehead atoms. The summed E-state index contributed by atoms with van der Waals surface area (Å²) in [4.78, 5) is 46.2. The number of hydrogen-bond acceptors (Lipinski definition) is 6. The largest absolute Gasteiger partial charge is 0.444 e. The van der Waals surface area contributed by atoms with Crippen molar-refractivity contribution >= 4 is 18.0 Å². The minimum absolute atomic E-state index is 0.0641. The van der Waals surface area contributed by atoms with E-state index in [0.29, 0.717) is 38.8 Å². The minimum Gasteiger partial charge on any atom is -0.444 e. The Hall–Kier alpha value is -2.85. The highest BCUT2D eigenvalue weighted by Crippen LogP contribution is 2.22. The molecule has 2 fully saturated rings. The van der Waals surface area contributed by atoms with Crippen molar-refractivity contribution in [3.8, 4) is 0 Å². The Labute approximate surface area is 200 Å². The van der Waals surface area contributed by atoms with E-state index in [9.17, 15) is 19.5 Å². The van der Waals surface area contributed by atoms with Gasteiger partial charge in [-0.1, -0.05) is 30.3 Å².